The predicted octanol–water partition coefficient (Wildman–Crippen LogP) is 2.25. The average molecular weight is 233 g/mol. The van der Waals surface area contributed by atoms with Crippen molar-refractivity contribution in [1.29, 1.82) is 0 Å². The Bertz CT molecular complexity index is 465. The molecule has 2 rings (SSSR count). The Morgan fingerprint density at radius 3 is 2.76 bits per heavy atom. The maximum Gasteiger partial charge on any atom is 0.213 e. The molecule has 0 fully saturated rings. The number of rotatable bonds is 5. The Morgan fingerprint density at radius 1 is 1.29 bits per heavy atom. The second-order valence-electron chi connectivity index (χ2n) is 3.51. The van der Waals surface area contributed by atoms with Gasteiger partial charge in [-0.15, -0.1) is 0 Å². The molecular weight excluding hydrogens is 218 g/mol. The zero-order valence-corrected chi connectivity index (χ0v) is 9.93. The van der Waals surface area contributed by atoms with Crippen molar-refractivity contribution in [3.63, 3.8) is 0 Å². The number of oxazole rings is 1. The first-order chi connectivity index (χ1) is 8.31. The molecule has 0 aliphatic carbocycles. The SMILES string of the molecule is CCc1cnc(CNc2ccc(OC)cn2)o1. The van der Waals surface area contributed by atoms with E-state index >= 15 is 0 Å². The van der Waals surface area contributed by atoms with Crippen molar-refractivity contribution < 1.29 is 9.15 Å². The Balaban J connectivity index is 1.92. The molecule has 0 spiro atoms. The van der Waals surface area contributed by atoms with Crippen molar-refractivity contribution in [2.45, 2.75) is 19.9 Å². The summed E-state index contributed by atoms with van der Waals surface area (Å²) in [7, 11) is 1.61. The molecule has 2 heterocycles. The number of methoxy groups -OCH3 is 1. The minimum Gasteiger partial charge on any atom is -0.495 e. The first-order valence-electron chi connectivity index (χ1n) is 5.49. The first-order valence-corrected chi connectivity index (χ1v) is 5.49. The molecule has 2 aromatic heterocycles. The molecule has 90 valence electrons. The highest BCUT2D eigenvalue weighted by atomic mass is 16.5. The summed E-state index contributed by atoms with van der Waals surface area (Å²) >= 11 is 0. The maximum atomic E-state index is 5.47. The number of nitrogens with one attached hydrogen (secondary N) is 1. The molecule has 0 saturated carbocycles. The minimum atomic E-state index is 0.527. The number of aryl methyl sites for hydroxylation is 1. The molecule has 0 atom stereocenters. The summed E-state index contributed by atoms with van der Waals surface area (Å²) < 4.78 is 10.5. The topological polar surface area (TPSA) is 60.2 Å². The van der Waals surface area contributed by atoms with Crippen molar-refractivity contribution >= 4 is 5.82 Å². The van der Waals surface area contributed by atoms with Crippen LogP contribution in [0, 0.1) is 0 Å². The fraction of sp³-hybridized carbons (Fsp3) is 0.333. The smallest absolute Gasteiger partial charge is 0.213 e. The summed E-state index contributed by atoms with van der Waals surface area (Å²) in [6.07, 6.45) is 4.27. The van der Waals surface area contributed by atoms with Gasteiger partial charge in [0.05, 0.1) is 26.0 Å². The van der Waals surface area contributed by atoms with Gasteiger partial charge in [0.1, 0.15) is 17.3 Å². The summed E-state index contributed by atoms with van der Waals surface area (Å²) in [6.45, 7) is 2.56. The van der Waals surface area contributed by atoms with Gasteiger partial charge in [-0.05, 0) is 12.1 Å². The van der Waals surface area contributed by atoms with E-state index in [0.717, 1.165) is 23.7 Å². The lowest BCUT2D eigenvalue weighted by molar-refractivity contribution is 0.413. The van der Waals surface area contributed by atoms with Gasteiger partial charge >= 0.3 is 0 Å². The average Bonchev–Trinajstić information content (AvgIpc) is 2.85. The lowest BCUT2D eigenvalue weighted by atomic mass is 10.4. The lowest BCUT2D eigenvalue weighted by Crippen LogP contribution is -2.01. The molecular formula is C12H15N3O2. The van der Waals surface area contributed by atoms with Crippen LogP contribution in [0.1, 0.15) is 18.6 Å². The van der Waals surface area contributed by atoms with Gasteiger partial charge in [-0.3, -0.25) is 0 Å². The Morgan fingerprint density at radius 2 is 2.18 bits per heavy atom. The van der Waals surface area contributed by atoms with Gasteiger partial charge in [-0.2, -0.15) is 0 Å². The molecule has 0 unspecified atom stereocenters. The van der Waals surface area contributed by atoms with Crippen LogP contribution in [-0.2, 0) is 13.0 Å². The molecule has 5 heteroatoms. The summed E-state index contributed by atoms with van der Waals surface area (Å²) in [4.78, 5) is 8.34. The van der Waals surface area contributed by atoms with Crippen molar-refractivity contribution in [1.82, 2.24) is 9.97 Å². The Hall–Kier alpha value is -2.04. The second kappa shape index (κ2) is 5.34. The number of ether oxygens (including phenoxy) is 1. The van der Waals surface area contributed by atoms with Gasteiger partial charge in [0.15, 0.2) is 0 Å². The van der Waals surface area contributed by atoms with E-state index < -0.39 is 0 Å². The number of anilines is 1. The van der Waals surface area contributed by atoms with Gasteiger partial charge in [0.2, 0.25) is 5.89 Å². The Kier molecular flexibility index (Phi) is 3.59. The minimum absolute atomic E-state index is 0.527. The summed E-state index contributed by atoms with van der Waals surface area (Å²) in [6, 6.07) is 3.70. The maximum absolute atomic E-state index is 5.47. The van der Waals surface area contributed by atoms with Crippen LogP contribution in [0.5, 0.6) is 5.75 Å². The number of hydrogen-bond donors (Lipinski definition) is 1. The van der Waals surface area contributed by atoms with Crippen molar-refractivity contribution in [2.75, 3.05) is 12.4 Å². The highest BCUT2D eigenvalue weighted by Crippen LogP contribution is 2.12. The van der Waals surface area contributed by atoms with E-state index in [1.54, 1.807) is 19.5 Å². The fourth-order valence-electron chi connectivity index (χ4n) is 1.36. The molecule has 0 saturated heterocycles. The van der Waals surface area contributed by atoms with E-state index in [1.165, 1.54) is 0 Å². The third-order valence-electron chi connectivity index (χ3n) is 2.34. The highest BCUT2D eigenvalue weighted by Gasteiger charge is 2.02. The summed E-state index contributed by atoms with van der Waals surface area (Å²) in [5, 5.41) is 3.13. The molecule has 1 N–H and O–H groups in total. The molecule has 2 aromatic rings. The number of hydrogen-bond acceptors (Lipinski definition) is 5. The molecule has 17 heavy (non-hydrogen) atoms. The standard InChI is InChI=1S/C12H15N3O2/c1-3-9-6-15-12(17-9)8-14-11-5-4-10(16-2)7-13-11/h4-7H,3,8H2,1-2H3,(H,13,14). The van der Waals surface area contributed by atoms with E-state index in [-0.39, 0.29) is 0 Å². The zero-order chi connectivity index (χ0) is 12.1. The molecule has 0 aromatic carbocycles. The van der Waals surface area contributed by atoms with Crippen LogP contribution >= 0.6 is 0 Å². The van der Waals surface area contributed by atoms with Crippen LogP contribution in [-0.4, -0.2) is 17.1 Å². The number of pyridine rings is 1. The molecule has 0 radical (unpaired) electrons. The van der Waals surface area contributed by atoms with E-state index in [1.807, 2.05) is 19.1 Å². The Labute approximate surface area is 99.8 Å². The summed E-state index contributed by atoms with van der Waals surface area (Å²) in [5.41, 5.74) is 0. The quantitative estimate of drug-likeness (QED) is 0.858. The van der Waals surface area contributed by atoms with Crippen LogP contribution in [0.3, 0.4) is 0 Å². The molecule has 5 nitrogen and oxygen atoms in total. The van der Waals surface area contributed by atoms with E-state index in [0.29, 0.717) is 12.4 Å². The van der Waals surface area contributed by atoms with Crippen molar-refractivity contribution in [2.24, 2.45) is 0 Å². The van der Waals surface area contributed by atoms with Gasteiger partial charge in [0, 0.05) is 6.42 Å². The van der Waals surface area contributed by atoms with Crippen molar-refractivity contribution in [3.05, 3.63) is 36.2 Å². The van der Waals surface area contributed by atoms with Crippen molar-refractivity contribution in [3.8, 4) is 5.75 Å². The normalized spacial score (nSPS) is 10.2. The van der Waals surface area contributed by atoms with Crippen LogP contribution in [0.2, 0.25) is 0 Å². The van der Waals surface area contributed by atoms with Crippen LogP contribution < -0.4 is 10.1 Å². The number of nitrogens with zero attached hydrogens (tertiary/aromatic N) is 2. The van der Waals surface area contributed by atoms with E-state index in [9.17, 15) is 0 Å². The van der Waals surface area contributed by atoms with Crippen LogP contribution in [0.4, 0.5) is 5.82 Å². The molecule has 0 aliphatic heterocycles. The summed E-state index contributed by atoms with van der Waals surface area (Å²) in [5.74, 6) is 3.06. The van der Waals surface area contributed by atoms with Crippen LogP contribution in [0.15, 0.2) is 28.9 Å². The van der Waals surface area contributed by atoms with Gasteiger partial charge in [0.25, 0.3) is 0 Å². The van der Waals surface area contributed by atoms with E-state index in [4.69, 9.17) is 9.15 Å². The molecule has 0 amide bonds. The lowest BCUT2D eigenvalue weighted by Gasteiger charge is -2.03. The first kappa shape index (κ1) is 11.4. The third-order valence-corrected chi connectivity index (χ3v) is 2.34. The fourth-order valence-corrected chi connectivity index (χ4v) is 1.36. The third kappa shape index (κ3) is 2.96. The zero-order valence-electron chi connectivity index (χ0n) is 9.93. The van der Waals surface area contributed by atoms with Crippen LogP contribution in [0.25, 0.3) is 0 Å². The van der Waals surface area contributed by atoms with Gasteiger partial charge in [-0.1, -0.05) is 6.92 Å². The predicted molar refractivity (Wildman–Crippen MR) is 64.0 cm³/mol. The monoisotopic (exact) mass is 233 g/mol. The number of aromatic nitrogens is 2. The highest BCUT2D eigenvalue weighted by molar-refractivity contribution is 5.37. The largest absolute Gasteiger partial charge is 0.495 e. The van der Waals surface area contributed by atoms with E-state index in [2.05, 4.69) is 15.3 Å². The molecule has 0 bridgehead atoms. The molecule has 0 aliphatic rings. The van der Waals surface area contributed by atoms with Gasteiger partial charge in [-0.25, -0.2) is 9.97 Å². The van der Waals surface area contributed by atoms with Gasteiger partial charge < -0.3 is 14.5 Å². The second-order valence-corrected chi connectivity index (χ2v) is 3.51.